The number of fused-ring (bicyclic) bond motifs is 1. The van der Waals surface area contributed by atoms with Crippen LogP contribution in [-0.4, -0.2) is 130 Å². The zero-order chi connectivity index (χ0) is 34.7. The van der Waals surface area contributed by atoms with Crippen LogP contribution in [0.15, 0.2) is 107 Å². The van der Waals surface area contributed by atoms with Gasteiger partial charge in [-0.2, -0.15) is 0 Å². The first kappa shape index (κ1) is 35.7. The number of β-amino-alcohol motifs (C(OH)–C–C–N with tert-alkyl or cyclic N) is 2. The maximum absolute atomic E-state index is 13.8. The van der Waals surface area contributed by atoms with Gasteiger partial charge in [0.25, 0.3) is 5.56 Å². The summed E-state index contributed by atoms with van der Waals surface area (Å²) in [6, 6.07) is 27.6. The highest BCUT2D eigenvalue weighted by atomic mass is 16.3. The molecule has 2 N–H and O–H groups in total. The Labute approximate surface area is 294 Å². The fourth-order valence-corrected chi connectivity index (χ4v) is 6.95. The van der Waals surface area contributed by atoms with E-state index in [0.29, 0.717) is 24.0 Å². The van der Waals surface area contributed by atoms with Crippen molar-refractivity contribution in [3.8, 4) is 0 Å². The van der Waals surface area contributed by atoms with E-state index < -0.39 is 23.5 Å². The highest BCUT2D eigenvalue weighted by Gasteiger charge is 2.23. The second-order valence-electron chi connectivity index (χ2n) is 13.5. The summed E-state index contributed by atoms with van der Waals surface area (Å²) in [7, 11) is 0. The first-order valence-electron chi connectivity index (χ1n) is 17.8. The molecule has 2 aliphatic rings. The molecule has 2 fully saturated rings. The smallest absolute Gasteiger partial charge is 0.331 e. The molecule has 4 aromatic rings. The lowest BCUT2D eigenvalue weighted by atomic mass is 10.2. The minimum Gasteiger partial charge on any atom is -0.390 e. The van der Waals surface area contributed by atoms with Gasteiger partial charge in [0.05, 0.1) is 36.2 Å². The van der Waals surface area contributed by atoms with Gasteiger partial charge in [0.1, 0.15) is 0 Å². The van der Waals surface area contributed by atoms with Crippen LogP contribution in [0.1, 0.15) is 11.1 Å². The second-order valence-corrected chi connectivity index (χ2v) is 13.5. The van der Waals surface area contributed by atoms with Crippen LogP contribution in [0.5, 0.6) is 0 Å². The molecule has 0 spiro atoms. The number of rotatable bonds is 14. The zero-order valence-corrected chi connectivity index (χ0v) is 28.8. The Kier molecular flexibility index (Phi) is 12.6. The summed E-state index contributed by atoms with van der Waals surface area (Å²) in [5.74, 6) is 0. The summed E-state index contributed by atoms with van der Waals surface area (Å²) in [4.78, 5) is 36.5. The van der Waals surface area contributed by atoms with Crippen molar-refractivity contribution in [2.75, 3.05) is 78.5 Å². The summed E-state index contributed by atoms with van der Waals surface area (Å²) in [6.45, 7) is 9.36. The molecule has 6 rings (SSSR count). The number of aliphatic hydroxyl groups is 2. The van der Waals surface area contributed by atoms with Gasteiger partial charge in [-0.1, -0.05) is 97.1 Å². The third-order valence-electron chi connectivity index (χ3n) is 9.73. The predicted molar refractivity (Wildman–Crippen MR) is 201 cm³/mol. The molecule has 0 saturated carbocycles. The van der Waals surface area contributed by atoms with Gasteiger partial charge in [-0.25, -0.2) is 4.79 Å². The molecule has 0 radical (unpaired) electrons. The Balaban J connectivity index is 1.01. The lowest BCUT2D eigenvalue weighted by Crippen LogP contribution is -2.51. The number of hydrogen-bond acceptors (Lipinski definition) is 8. The Hall–Kier alpha value is -4.16. The number of aliphatic hydroxyl groups excluding tert-OH is 2. The van der Waals surface area contributed by atoms with E-state index in [2.05, 4.69) is 68.2 Å². The van der Waals surface area contributed by atoms with E-state index in [9.17, 15) is 19.8 Å². The van der Waals surface area contributed by atoms with Crippen LogP contribution >= 0.6 is 0 Å². The molecule has 10 nitrogen and oxygen atoms in total. The standard InChI is InChI=1S/C40H50N6O4/c47-35(29-43-25-21-41(22-26-43)19-9-15-33-11-3-1-4-12-33)31-45-38-18-8-7-17-37(38)39(49)46(40(45)50)32-36(48)30-44-27-23-42(24-28-44)20-10-16-34-13-5-2-6-14-34/h1-18,35-36,47-48H,19-32H2/b15-9+,16-10+/t35-,36+/m1/s1. The van der Waals surface area contributed by atoms with Crippen LogP contribution in [0.4, 0.5) is 0 Å². The van der Waals surface area contributed by atoms with Gasteiger partial charge in [0.15, 0.2) is 0 Å². The van der Waals surface area contributed by atoms with Gasteiger partial charge in [0, 0.05) is 78.5 Å². The van der Waals surface area contributed by atoms with E-state index in [-0.39, 0.29) is 13.1 Å². The molecule has 3 aromatic carbocycles. The van der Waals surface area contributed by atoms with Crippen LogP contribution in [0.3, 0.4) is 0 Å². The molecule has 10 heteroatoms. The minimum absolute atomic E-state index is 0.0659. The zero-order valence-electron chi connectivity index (χ0n) is 28.8. The van der Waals surface area contributed by atoms with Crippen LogP contribution < -0.4 is 11.2 Å². The SMILES string of the molecule is O=c1c2ccccc2n(C[C@H](O)CN2CCN(C/C=C/c3ccccc3)CC2)c(=O)n1C[C@@H](O)CN1CCN(C/C=C/c2ccccc2)CC1. The summed E-state index contributed by atoms with van der Waals surface area (Å²) in [6.07, 6.45) is 6.97. The number of nitrogens with zero attached hydrogens (tertiary/aromatic N) is 6. The third-order valence-corrected chi connectivity index (χ3v) is 9.73. The highest BCUT2D eigenvalue weighted by Crippen LogP contribution is 2.11. The van der Waals surface area contributed by atoms with E-state index in [1.54, 1.807) is 24.3 Å². The summed E-state index contributed by atoms with van der Waals surface area (Å²) in [5, 5.41) is 22.7. The number of para-hydroxylation sites is 1. The molecule has 264 valence electrons. The van der Waals surface area contributed by atoms with E-state index in [1.807, 2.05) is 36.4 Å². The maximum atomic E-state index is 13.8. The molecule has 2 atom stereocenters. The van der Waals surface area contributed by atoms with Crippen molar-refractivity contribution >= 4 is 23.1 Å². The van der Waals surface area contributed by atoms with Gasteiger partial charge in [-0.05, 0) is 23.3 Å². The number of aromatic nitrogens is 2. The fraction of sp³-hybridized carbons (Fsp3) is 0.400. The van der Waals surface area contributed by atoms with Crippen molar-refractivity contribution in [2.45, 2.75) is 25.3 Å². The summed E-state index contributed by atoms with van der Waals surface area (Å²) >= 11 is 0. The molecular formula is C40H50N6O4. The molecule has 2 aliphatic heterocycles. The Morgan fingerprint density at radius 1 is 0.520 bits per heavy atom. The number of hydrogen-bond donors (Lipinski definition) is 2. The van der Waals surface area contributed by atoms with Crippen LogP contribution in [0.25, 0.3) is 23.1 Å². The van der Waals surface area contributed by atoms with Crippen molar-refractivity contribution < 1.29 is 10.2 Å². The average Bonchev–Trinajstić information content (AvgIpc) is 3.14. The monoisotopic (exact) mass is 678 g/mol. The Bertz CT molecular complexity index is 1820. The Morgan fingerprint density at radius 3 is 1.44 bits per heavy atom. The predicted octanol–water partition coefficient (Wildman–Crippen LogP) is 2.55. The van der Waals surface area contributed by atoms with E-state index >= 15 is 0 Å². The summed E-state index contributed by atoms with van der Waals surface area (Å²) < 4.78 is 2.65. The number of benzene rings is 3. The highest BCUT2D eigenvalue weighted by molar-refractivity contribution is 5.77. The normalized spacial score (nSPS) is 18.4. The van der Waals surface area contributed by atoms with Gasteiger partial charge in [-0.15, -0.1) is 0 Å². The fourth-order valence-electron chi connectivity index (χ4n) is 6.95. The van der Waals surface area contributed by atoms with Crippen molar-refractivity contribution in [1.82, 2.24) is 28.7 Å². The average molecular weight is 679 g/mol. The lowest BCUT2D eigenvalue weighted by molar-refractivity contribution is 0.0632. The van der Waals surface area contributed by atoms with Gasteiger partial charge in [0.2, 0.25) is 0 Å². The molecule has 50 heavy (non-hydrogen) atoms. The molecule has 3 heterocycles. The van der Waals surface area contributed by atoms with Crippen molar-refractivity contribution in [3.63, 3.8) is 0 Å². The molecule has 0 aliphatic carbocycles. The third kappa shape index (κ3) is 9.75. The lowest BCUT2D eigenvalue weighted by Gasteiger charge is -2.35. The molecule has 0 unspecified atom stereocenters. The molecule has 0 amide bonds. The van der Waals surface area contributed by atoms with E-state index in [0.717, 1.165) is 70.0 Å². The van der Waals surface area contributed by atoms with Gasteiger partial charge >= 0.3 is 5.69 Å². The largest absolute Gasteiger partial charge is 0.390 e. The van der Waals surface area contributed by atoms with Crippen LogP contribution in [0.2, 0.25) is 0 Å². The molecule has 0 bridgehead atoms. The quantitative estimate of drug-likeness (QED) is 0.210. The molecular weight excluding hydrogens is 628 g/mol. The maximum Gasteiger partial charge on any atom is 0.331 e. The first-order chi connectivity index (χ1) is 24.4. The van der Waals surface area contributed by atoms with Crippen molar-refractivity contribution in [1.29, 1.82) is 0 Å². The van der Waals surface area contributed by atoms with Crippen LogP contribution in [-0.2, 0) is 13.1 Å². The molecule has 2 saturated heterocycles. The second kappa shape index (κ2) is 17.7. The molecule has 1 aromatic heterocycles. The van der Waals surface area contributed by atoms with Crippen molar-refractivity contribution in [3.05, 3.63) is 129 Å². The van der Waals surface area contributed by atoms with Crippen molar-refractivity contribution in [2.24, 2.45) is 0 Å². The first-order valence-corrected chi connectivity index (χ1v) is 17.8. The van der Waals surface area contributed by atoms with Gasteiger partial charge < -0.3 is 10.2 Å². The Morgan fingerprint density at radius 2 is 0.940 bits per heavy atom. The summed E-state index contributed by atoms with van der Waals surface area (Å²) in [5.41, 5.74) is 1.96. The van der Waals surface area contributed by atoms with Gasteiger partial charge in [-0.3, -0.25) is 33.5 Å². The van der Waals surface area contributed by atoms with E-state index in [4.69, 9.17) is 0 Å². The minimum atomic E-state index is -0.886. The number of piperazine rings is 2. The van der Waals surface area contributed by atoms with Crippen LogP contribution in [0, 0.1) is 0 Å². The topological polar surface area (TPSA) is 97.4 Å². The van der Waals surface area contributed by atoms with E-state index in [1.165, 1.54) is 15.7 Å².